The molecule has 0 aliphatic carbocycles. The maximum atomic E-state index is 13.7. The van der Waals surface area contributed by atoms with Crippen LogP contribution in [0.4, 0.5) is 21.5 Å². The fourth-order valence-corrected chi connectivity index (χ4v) is 3.10. The van der Waals surface area contributed by atoms with Crippen LogP contribution < -0.4 is 16.0 Å². The van der Waals surface area contributed by atoms with E-state index in [1.807, 2.05) is 0 Å². The van der Waals surface area contributed by atoms with E-state index >= 15 is 0 Å². The first-order valence-electron chi connectivity index (χ1n) is 7.57. The van der Waals surface area contributed by atoms with Gasteiger partial charge in [-0.3, -0.25) is 14.4 Å². The molecule has 0 saturated heterocycles. The maximum Gasteiger partial charge on any atom is 0.255 e. The van der Waals surface area contributed by atoms with Gasteiger partial charge in [0.05, 0.1) is 17.1 Å². The molecule has 3 rings (SSSR count). The molecule has 8 heteroatoms. The van der Waals surface area contributed by atoms with Gasteiger partial charge in [0.1, 0.15) is 5.82 Å². The van der Waals surface area contributed by atoms with Crippen molar-refractivity contribution in [1.29, 1.82) is 0 Å². The summed E-state index contributed by atoms with van der Waals surface area (Å²) < 4.78 is 13.7. The molecule has 0 saturated carbocycles. The topological polar surface area (TPSA) is 87.3 Å². The molecule has 0 aromatic heterocycles. The highest BCUT2D eigenvalue weighted by Gasteiger charge is 2.17. The molecule has 26 heavy (non-hydrogen) atoms. The Hall–Kier alpha value is -3.13. The normalized spacial score (nSPS) is 12.6. The molecule has 0 atom stereocenters. The van der Waals surface area contributed by atoms with Gasteiger partial charge in [-0.2, -0.15) is 0 Å². The van der Waals surface area contributed by atoms with Gasteiger partial charge in [0.15, 0.2) is 0 Å². The van der Waals surface area contributed by atoms with Crippen molar-refractivity contribution >= 4 is 46.5 Å². The highest BCUT2D eigenvalue weighted by molar-refractivity contribution is 8.00. The summed E-state index contributed by atoms with van der Waals surface area (Å²) in [4.78, 5) is 36.1. The molecule has 1 aliphatic rings. The van der Waals surface area contributed by atoms with Crippen molar-refractivity contribution in [1.82, 2.24) is 0 Å². The minimum absolute atomic E-state index is 0.0678. The number of carbonyl (C=O) groups is 3. The van der Waals surface area contributed by atoms with Crippen LogP contribution in [-0.4, -0.2) is 23.5 Å². The van der Waals surface area contributed by atoms with Crippen molar-refractivity contribution in [2.24, 2.45) is 0 Å². The number of benzene rings is 2. The number of hydrogen-bond donors (Lipinski definition) is 3. The first-order valence-corrected chi connectivity index (χ1v) is 8.56. The Balaban J connectivity index is 1.79. The molecule has 2 aromatic carbocycles. The first-order chi connectivity index (χ1) is 12.5. The van der Waals surface area contributed by atoms with Gasteiger partial charge in [-0.1, -0.05) is 6.58 Å². The summed E-state index contributed by atoms with van der Waals surface area (Å²) in [5.74, 6) is -1.40. The summed E-state index contributed by atoms with van der Waals surface area (Å²) in [6, 6.07) is 8.81. The van der Waals surface area contributed by atoms with E-state index in [9.17, 15) is 18.8 Å². The van der Waals surface area contributed by atoms with Crippen LogP contribution in [0.2, 0.25) is 0 Å². The van der Waals surface area contributed by atoms with Crippen molar-refractivity contribution < 1.29 is 18.8 Å². The van der Waals surface area contributed by atoms with Gasteiger partial charge < -0.3 is 16.0 Å². The molecule has 0 bridgehead atoms. The molecular weight excluding hydrogens is 357 g/mol. The number of thioether (sulfide) groups is 1. The fourth-order valence-electron chi connectivity index (χ4n) is 2.31. The molecular formula is C18H14FN3O3S. The van der Waals surface area contributed by atoms with Gasteiger partial charge in [-0.15, -0.1) is 11.8 Å². The number of fused-ring (bicyclic) bond motifs is 1. The van der Waals surface area contributed by atoms with Crippen LogP contribution in [-0.2, 0) is 9.59 Å². The average Bonchev–Trinajstić information content (AvgIpc) is 2.63. The van der Waals surface area contributed by atoms with Gasteiger partial charge in [-0.05, 0) is 42.5 Å². The Morgan fingerprint density at radius 1 is 1.19 bits per heavy atom. The smallest absolute Gasteiger partial charge is 0.255 e. The zero-order valence-corrected chi connectivity index (χ0v) is 14.3. The molecule has 0 spiro atoms. The number of nitrogens with one attached hydrogen (secondary N) is 3. The molecule has 0 unspecified atom stereocenters. The Morgan fingerprint density at radius 2 is 2.00 bits per heavy atom. The Morgan fingerprint density at radius 3 is 2.77 bits per heavy atom. The predicted octanol–water partition coefficient (Wildman–Crippen LogP) is 3.25. The van der Waals surface area contributed by atoms with Gasteiger partial charge in [-0.25, -0.2) is 4.39 Å². The molecule has 3 N–H and O–H groups in total. The largest absolute Gasteiger partial charge is 0.324 e. The van der Waals surface area contributed by atoms with Gasteiger partial charge in [0.25, 0.3) is 5.91 Å². The molecule has 6 nitrogen and oxygen atoms in total. The fraction of sp³-hybridized carbons (Fsp3) is 0.0556. The van der Waals surface area contributed by atoms with Crippen LogP contribution in [0, 0.1) is 5.82 Å². The number of hydrogen-bond acceptors (Lipinski definition) is 4. The highest BCUT2D eigenvalue weighted by atomic mass is 32.2. The van der Waals surface area contributed by atoms with Crippen LogP contribution in [0.3, 0.4) is 0 Å². The summed E-state index contributed by atoms with van der Waals surface area (Å²) in [6.07, 6.45) is 1.02. The van der Waals surface area contributed by atoms with Crippen LogP contribution in [0.1, 0.15) is 10.4 Å². The van der Waals surface area contributed by atoms with Crippen molar-refractivity contribution in [3.8, 4) is 0 Å². The van der Waals surface area contributed by atoms with E-state index in [0.29, 0.717) is 22.7 Å². The Bertz CT molecular complexity index is 930. The minimum atomic E-state index is -0.633. The number of amides is 3. The zero-order valence-electron chi connectivity index (χ0n) is 13.5. The Kier molecular flexibility index (Phi) is 5.04. The third kappa shape index (κ3) is 3.92. The first kappa shape index (κ1) is 17.7. The van der Waals surface area contributed by atoms with E-state index < -0.39 is 17.6 Å². The number of carbonyl (C=O) groups excluding carboxylic acids is 3. The lowest BCUT2D eigenvalue weighted by Gasteiger charge is -2.17. The average molecular weight is 371 g/mol. The lowest BCUT2D eigenvalue weighted by molar-refractivity contribution is -0.114. The second kappa shape index (κ2) is 7.40. The molecule has 0 radical (unpaired) electrons. The van der Waals surface area contributed by atoms with Crippen LogP contribution in [0.25, 0.3) is 0 Å². The monoisotopic (exact) mass is 371 g/mol. The molecule has 3 amide bonds. The third-order valence-electron chi connectivity index (χ3n) is 3.54. The molecule has 132 valence electrons. The highest BCUT2D eigenvalue weighted by Crippen LogP contribution is 2.32. The number of halogens is 1. The van der Waals surface area contributed by atoms with Crippen LogP contribution >= 0.6 is 11.8 Å². The van der Waals surface area contributed by atoms with Gasteiger partial charge in [0, 0.05) is 16.1 Å². The lowest BCUT2D eigenvalue weighted by atomic mass is 10.1. The predicted molar refractivity (Wildman–Crippen MR) is 99.0 cm³/mol. The summed E-state index contributed by atoms with van der Waals surface area (Å²) in [7, 11) is 0. The second-order valence-electron chi connectivity index (χ2n) is 5.39. The van der Waals surface area contributed by atoms with Crippen LogP contribution in [0.5, 0.6) is 0 Å². The van der Waals surface area contributed by atoms with Gasteiger partial charge >= 0.3 is 0 Å². The standard InChI is InChI=1S/C18H14FN3O3S/c1-2-16(23)21-13-8-11(4-5-12(13)19)20-18(25)10-3-6-15-14(7-10)22-17(24)9-26-15/h2-8H,1,9H2,(H,20,25)(H,21,23)(H,22,24). The van der Waals surface area contributed by atoms with Crippen molar-refractivity contribution in [2.75, 3.05) is 21.7 Å². The quantitative estimate of drug-likeness (QED) is 0.720. The van der Waals surface area contributed by atoms with E-state index in [1.165, 1.54) is 23.9 Å². The number of rotatable bonds is 4. The van der Waals surface area contributed by atoms with E-state index in [2.05, 4.69) is 22.5 Å². The van der Waals surface area contributed by atoms with Gasteiger partial charge in [0.2, 0.25) is 11.8 Å². The van der Waals surface area contributed by atoms with Crippen molar-refractivity contribution in [3.63, 3.8) is 0 Å². The second-order valence-corrected chi connectivity index (χ2v) is 6.41. The maximum absolute atomic E-state index is 13.7. The molecule has 2 aromatic rings. The van der Waals surface area contributed by atoms with E-state index in [-0.39, 0.29) is 11.6 Å². The van der Waals surface area contributed by atoms with Crippen molar-refractivity contribution in [3.05, 3.63) is 60.4 Å². The summed E-state index contributed by atoms with van der Waals surface area (Å²) >= 11 is 1.40. The molecule has 1 heterocycles. The van der Waals surface area contributed by atoms with E-state index in [1.54, 1.807) is 18.2 Å². The Labute approximate surface area is 152 Å². The molecule has 1 aliphatic heterocycles. The summed E-state index contributed by atoms with van der Waals surface area (Å²) in [5, 5.41) is 7.68. The van der Waals surface area contributed by atoms with Crippen molar-refractivity contribution in [2.45, 2.75) is 4.90 Å². The third-order valence-corrected chi connectivity index (χ3v) is 4.62. The SMILES string of the molecule is C=CC(=O)Nc1cc(NC(=O)c2ccc3c(c2)NC(=O)CS3)ccc1F. The summed E-state index contributed by atoms with van der Waals surface area (Å²) in [6.45, 7) is 3.30. The minimum Gasteiger partial charge on any atom is -0.324 e. The molecule has 0 fully saturated rings. The van der Waals surface area contributed by atoms with E-state index in [4.69, 9.17) is 0 Å². The van der Waals surface area contributed by atoms with Crippen LogP contribution in [0.15, 0.2) is 53.9 Å². The van der Waals surface area contributed by atoms with E-state index in [0.717, 1.165) is 17.0 Å². The lowest BCUT2D eigenvalue weighted by Crippen LogP contribution is -2.20. The zero-order chi connectivity index (χ0) is 18.7. The summed E-state index contributed by atoms with van der Waals surface area (Å²) in [5.41, 5.74) is 1.16. The number of anilines is 3.